The van der Waals surface area contributed by atoms with Crippen molar-refractivity contribution < 1.29 is 18.3 Å². The SMILES string of the molecule is N#Cc1ccccc1NC(=O)c1ccc(COc2ccc(F)cc2)o1. The summed E-state index contributed by atoms with van der Waals surface area (Å²) in [6.07, 6.45) is 0. The predicted molar refractivity (Wildman–Crippen MR) is 88.6 cm³/mol. The molecule has 124 valence electrons. The van der Waals surface area contributed by atoms with Crippen LogP contribution >= 0.6 is 0 Å². The number of hydrogen-bond acceptors (Lipinski definition) is 4. The first-order chi connectivity index (χ1) is 12.2. The van der Waals surface area contributed by atoms with Crippen LogP contribution in [0, 0.1) is 17.1 Å². The van der Waals surface area contributed by atoms with Gasteiger partial charge < -0.3 is 14.5 Å². The Bertz CT molecular complexity index is 926. The molecule has 0 aliphatic carbocycles. The van der Waals surface area contributed by atoms with Crippen LogP contribution in [0.3, 0.4) is 0 Å². The van der Waals surface area contributed by atoms with Crippen molar-refractivity contribution in [2.24, 2.45) is 0 Å². The van der Waals surface area contributed by atoms with Gasteiger partial charge in [0.15, 0.2) is 5.76 Å². The van der Waals surface area contributed by atoms with Crippen molar-refractivity contribution in [1.82, 2.24) is 0 Å². The molecule has 0 saturated heterocycles. The molecular formula is C19H13FN2O3. The number of carbonyl (C=O) groups is 1. The van der Waals surface area contributed by atoms with Gasteiger partial charge in [0.05, 0.1) is 11.3 Å². The number of nitrogens with zero attached hydrogens (tertiary/aromatic N) is 1. The van der Waals surface area contributed by atoms with Crippen LogP contribution in [-0.4, -0.2) is 5.91 Å². The van der Waals surface area contributed by atoms with E-state index in [4.69, 9.17) is 14.4 Å². The van der Waals surface area contributed by atoms with Crippen molar-refractivity contribution in [3.8, 4) is 11.8 Å². The molecule has 2 aromatic carbocycles. The highest BCUT2D eigenvalue weighted by Crippen LogP contribution is 2.18. The van der Waals surface area contributed by atoms with Crippen LogP contribution in [0.25, 0.3) is 0 Å². The number of amides is 1. The van der Waals surface area contributed by atoms with E-state index >= 15 is 0 Å². The van der Waals surface area contributed by atoms with E-state index in [2.05, 4.69) is 5.32 Å². The summed E-state index contributed by atoms with van der Waals surface area (Å²) in [5.74, 6) is 0.234. The molecule has 0 radical (unpaired) electrons. The molecule has 25 heavy (non-hydrogen) atoms. The minimum Gasteiger partial charge on any atom is -0.486 e. The molecule has 1 aromatic heterocycles. The Morgan fingerprint density at radius 3 is 2.64 bits per heavy atom. The second-order valence-corrected chi connectivity index (χ2v) is 5.12. The maximum atomic E-state index is 12.8. The topological polar surface area (TPSA) is 75.3 Å². The first-order valence-corrected chi connectivity index (χ1v) is 7.43. The Balaban J connectivity index is 1.63. The molecule has 3 aromatic rings. The van der Waals surface area contributed by atoms with Crippen molar-refractivity contribution >= 4 is 11.6 Å². The number of carbonyl (C=O) groups excluding carboxylic acids is 1. The van der Waals surface area contributed by atoms with Crippen molar-refractivity contribution in [1.29, 1.82) is 5.26 Å². The van der Waals surface area contributed by atoms with Crippen molar-refractivity contribution in [2.45, 2.75) is 6.61 Å². The summed E-state index contributed by atoms with van der Waals surface area (Å²) in [4.78, 5) is 12.2. The summed E-state index contributed by atoms with van der Waals surface area (Å²) in [5.41, 5.74) is 0.776. The van der Waals surface area contributed by atoms with Crippen LogP contribution in [0.4, 0.5) is 10.1 Å². The Hall–Kier alpha value is -3.59. The molecule has 0 aliphatic rings. The lowest BCUT2D eigenvalue weighted by Gasteiger charge is -2.05. The number of nitriles is 1. The van der Waals surface area contributed by atoms with Gasteiger partial charge in [0.25, 0.3) is 5.91 Å². The molecule has 0 aliphatic heterocycles. The number of ether oxygens (including phenoxy) is 1. The minimum absolute atomic E-state index is 0.102. The summed E-state index contributed by atoms with van der Waals surface area (Å²) in [7, 11) is 0. The van der Waals surface area contributed by atoms with Gasteiger partial charge >= 0.3 is 0 Å². The highest BCUT2D eigenvalue weighted by Gasteiger charge is 2.13. The van der Waals surface area contributed by atoms with Gasteiger partial charge in [-0.3, -0.25) is 4.79 Å². The Labute approximate surface area is 143 Å². The van der Waals surface area contributed by atoms with Crippen molar-refractivity contribution in [2.75, 3.05) is 5.32 Å². The second kappa shape index (κ2) is 7.32. The number of anilines is 1. The first-order valence-electron chi connectivity index (χ1n) is 7.43. The minimum atomic E-state index is -0.462. The van der Waals surface area contributed by atoms with Gasteiger partial charge in [-0.25, -0.2) is 4.39 Å². The number of halogens is 1. The molecular weight excluding hydrogens is 323 g/mol. The molecule has 5 nitrogen and oxygen atoms in total. The molecule has 0 fully saturated rings. The molecule has 6 heteroatoms. The fourth-order valence-electron chi connectivity index (χ4n) is 2.14. The third-order valence-electron chi connectivity index (χ3n) is 3.38. The zero-order valence-corrected chi connectivity index (χ0v) is 13.0. The van der Waals surface area contributed by atoms with E-state index in [1.54, 1.807) is 30.3 Å². The van der Waals surface area contributed by atoms with Crippen LogP contribution in [0.1, 0.15) is 21.9 Å². The molecule has 0 atom stereocenters. The van der Waals surface area contributed by atoms with Gasteiger partial charge in [-0.2, -0.15) is 5.26 Å². The lowest BCUT2D eigenvalue weighted by molar-refractivity contribution is 0.0992. The quantitative estimate of drug-likeness (QED) is 0.760. The zero-order valence-electron chi connectivity index (χ0n) is 13.0. The smallest absolute Gasteiger partial charge is 0.291 e. The second-order valence-electron chi connectivity index (χ2n) is 5.12. The van der Waals surface area contributed by atoms with E-state index in [1.165, 1.54) is 30.3 Å². The van der Waals surface area contributed by atoms with E-state index in [-0.39, 0.29) is 18.2 Å². The summed E-state index contributed by atoms with van der Waals surface area (Å²) in [6.45, 7) is 0.105. The van der Waals surface area contributed by atoms with Gasteiger partial charge in [-0.05, 0) is 48.5 Å². The van der Waals surface area contributed by atoms with Gasteiger partial charge in [0.1, 0.15) is 30.0 Å². The van der Waals surface area contributed by atoms with E-state index in [0.717, 1.165) is 0 Å². The Morgan fingerprint density at radius 1 is 1.12 bits per heavy atom. The van der Waals surface area contributed by atoms with Gasteiger partial charge in [0, 0.05) is 0 Å². The highest BCUT2D eigenvalue weighted by molar-refractivity contribution is 6.03. The van der Waals surface area contributed by atoms with Crippen molar-refractivity contribution in [3.05, 3.63) is 83.6 Å². The molecule has 1 amide bonds. The molecule has 1 N–H and O–H groups in total. The van der Waals surface area contributed by atoms with Crippen LogP contribution in [0.15, 0.2) is 65.1 Å². The summed E-state index contributed by atoms with van der Waals surface area (Å²) < 4.78 is 23.7. The number of hydrogen-bond donors (Lipinski definition) is 1. The number of furan rings is 1. The summed E-state index contributed by atoms with van der Waals surface area (Å²) in [6, 6.07) is 17.4. The number of nitrogens with one attached hydrogen (secondary N) is 1. The molecule has 0 saturated carbocycles. The Kier molecular flexibility index (Phi) is 4.77. The predicted octanol–water partition coefficient (Wildman–Crippen LogP) is 4.12. The fourth-order valence-corrected chi connectivity index (χ4v) is 2.14. The number of benzene rings is 2. The summed E-state index contributed by atoms with van der Waals surface area (Å²) >= 11 is 0. The third kappa shape index (κ3) is 4.03. The number of rotatable bonds is 5. The van der Waals surface area contributed by atoms with Crippen LogP contribution in [0.5, 0.6) is 5.75 Å². The Morgan fingerprint density at radius 2 is 1.88 bits per heavy atom. The number of para-hydroxylation sites is 1. The normalized spacial score (nSPS) is 10.1. The molecule has 3 rings (SSSR count). The van der Waals surface area contributed by atoms with E-state index in [1.807, 2.05) is 6.07 Å². The maximum Gasteiger partial charge on any atom is 0.291 e. The highest BCUT2D eigenvalue weighted by atomic mass is 19.1. The van der Waals surface area contributed by atoms with Crippen molar-refractivity contribution in [3.63, 3.8) is 0 Å². The first kappa shape index (κ1) is 16.3. The fraction of sp³-hybridized carbons (Fsp3) is 0.0526. The summed E-state index contributed by atoms with van der Waals surface area (Å²) in [5, 5.41) is 11.7. The average molecular weight is 336 g/mol. The lowest BCUT2D eigenvalue weighted by atomic mass is 10.2. The van der Waals surface area contributed by atoms with Gasteiger partial charge in [-0.1, -0.05) is 12.1 Å². The third-order valence-corrected chi connectivity index (χ3v) is 3.38. The van der Waals surface area contributed by atoms with Crippen LogP contribution < -0.4 is 10.1 Å². The molecule has 1 heterocycles. The lowest BCUT2D eigenvalue weighted by Crippen LogP contribution is -2.11. The standard InChI is InChI=1S/C19H13FN2O3/c20-14-5-7-15(8-6-14)24-12-16-9-10-18(25-16)19(23)22-17-4-2-1-3-13(17)11-21/h1-10H,12H2,(H,22,23). The molecule has 0 bridgehead atoms. The molecule has 0 unspecified atom stereocenters. The van der Waals surface area contributed by atoms with E-state index in [9.17, 15) is 9.18 Å². The average Bonchev–Trinajstić information content (AvgIpc) is 3.11. The zero-order chi connectivity index (χ0) is 17.6. The largest absolute Gasteiger partial charge is 0.486 e. The van der Waals surface area contributed by atoms with E-state index < -0.39 is 5.91 Å². The van der Waals surface area contributed by atoms with Gasteiger partial charge in [0.2, 0.25) is 0 Å². The maximum absolute atomic E-state index is 12.8. The van der Waals surface area contributed by atoms with Crippen LogP contribution in [0.2, 0.25) is 0 Å². The monoisotopic (exact) mass is 336 g/mol. The van der Waals surface area contributed by atoms with E-state index in [0.29, 0.717) is 22.8 Å². The molecule has 0 spiro atoms. The van der Waals surface area contributed by atoms with Crippen LogP contribution in [-0.2, 0) is 6.61 Å². The van der Waals surface area contributed by atoms with Gasteiger partial charge in [-0.15, -0.1) is 0 Å².